The molecule has 0 spiro atoms. The number of aromatic nitrogens is 3. The molecule has 3 heteroatoms. The Morgan fingerprint density at radius 3 is 0.977 bits per heavy atom. The van der Waals surface area contributed by atoms with E-state index in [4.69, 9.17) is 0 Å². The van der Waals surface area contributed by atoms with Crippen LogP contribution in [0, 0.1) is 63.2 Å². The minimum Gasteiger partial charge on any atom is -0.201 e. The molecule has 0 aliphatic heterocycles. The molecule has 0 radical (unpaired) electrons. The zero-order valence-electron chi connectivity index (χ0n) is 83.7. The number of benzene rings is 12. The topological polar surface area (TPSA) is 11.6 Å². The highest BCUT2D eigenvalue weighted by atomic mass is 14.9. The lowest BCUT2D eigenvalue weighted by molar-refractivity contribution is -0.661. The third-order valence-corrected chi connectivity index (χ3v) is 29.9. The van der Waals surface area contributed by atoms with Gasteiger partial charge in [-0.3, -0.25) is 0 Å². The van der Waals surface area contributed by atoms with Crippen molar-refractivity contribution in [1.82, 2.24) is 0 Å². The van der Waals surface area contributed by atoms with Crippen molar-refractivity contribution in [2.75, 3.05) is 0 Å². The molecule has 0 N–H and O–H groups in total. The summed E-state index contributed by atoms with van der Waals surface area (Å²) < 4.78 is 7.05. The van der Waals surface area contributed by atoms with E-state index in [9.17, 15) is 0 Å². The standard InChI is InChI=1S/C30H36.C29H34.2C24H24N.C23H22N/c1-20-12-15-25(27-17-21-10-8-9-11-26(21)28(20)27)22-13-14-23(18-29(2,3)4)24(16-22)19-30(5,6)7;1-28(2,3)18-22-15-14-21(16-23(22)19-29(4,5)6)25-12-9-13-26-24-11-8-7-10-20(24)17-27(25)26;1-15-6-4-8-18-12-21-20(23(15)18)11-10-16(2)24(21)22-13-17-7-5-9-19(17)14-25(22)3;1-15-11-16(2)24(21-12-18-7-4-5-10-20(18)23(15)21)22-13-17-8-6-9-19(17)14-25(22)3;1-15-10-11-20-19-9-4-3-6-17(19)12-21(20)23(15)22-13-16-7-5-8-18(16)14-24(22)2/h8-16H,17-19H2,1-7H3;7-16H,17-19H2,1-6H3;4,6,8,10-11,13-14H,5,7,9,12H2,1-3H3;4-5,7,10-11,13-14H,6,8-9,12H2,1-3H3;3-4,6,9-11,13-14H,5,7-8,12H2,1-2H3/q;;3*+1. The predicted molar refractivity (Wildman–Crippen MR) is 561 cm³/mol. The first-order valence-corrected chi connectivity index (χ1v) is 50.0. The summed E-state index contributed by atoms with van der Waals surface area (Å²) in [5.41, 5.74) is 68.0. The summed E-state index contributed by atoms with van der Waals surface area (Å²) in [6.45, 7) is 41.7. The molecule has 133 heavy (non-hydrogen) atoms. The first-order chi connectivity index (χ1) is 63.6. The van der Waals surface area contributed by atoms with Crippen LogP contribution in [0.5, 0.6) is 0 Å². The molecule has 23 rings (SSSR count). The lowest BCUT2D eigenvalue weighted by Crippen LogP contribution is -2.32. The average Bonchev–Trinajstić information content (AvgIpc) is 1.63. The highest BCUT2D eigenvalue weighted by molar-refractivity contribution is 5.92. The molecule has 15 aromatic rings. The number of hydrogen-bond donors (Lipinski definition) is 0. The summed E-state index contributed by atoms with van der Waals surface area (Å²) in [4.78, 5) is 0. The second kappa shape index (κ2) is 35.8. The van der Waals surface area contributed by atoms with Gasteiger partial charge in [-0.05, 0) is 385 Å². The fourth-order valence-corrected chi connectivity index (χ4v) is 24.2. The van der Waals surface area contributed by atoms with E-state index in [1.54, 1.807) is 16.7 Å². The van der Waals surface area contributed by atoms with Gasteiger partial charge in [-0.15, -0.1) is 0 Å². The molecule has 12 aromatic carbocycles. The van der Waals surface area contributed by atoms with E-state index in [1.807, 2.05) is 0 Å². The van der Waals surface area contributed by atoms with Gasteiger partial charge in [0.2, 0.25) is 17.1 Å². The van der Waals surface area contributed by atoms with E-state index in [-0.39, 0.29) is 10.8 Å². The second-order valence-electron chi connectivity index (χ2n) is 45.5. The van der Waals surface area contributed by atoms with Crippen LogP contribution in [0.3, 0.4) is 0 Å². The summed E-state index contributed by atoms with van der Waals surface area (Å²) in [5.74, 6) is 0. The van der Waals surface area contributed by atoms with Crippen molar-refractivity contribution >= 4 is 0 Å². The normalized spacial score (nSPS) is 13.9. The fourth-order valence-electron chi connectivity index (χ4n) is 24.2. The molecule has 672 valence electrons. The molecule has 0 saturated carbocycles. The summed E-state index contributed by atoms with van der Waals surface area (Å²) in [5, 5.41) is 0. The van der Waals surface area contributed by atoms with Crippen molar-refractivity contribution in [3.05, 3.63) is 394 Å². The Bertz CT molecular complexity index is 7130. The highest BCUT2D eigenvalue weighted by Crippen LogP contribution is 2.51. The minimum atomic E-state index is 0.275. The summed E-state index contributed by atoms with van der Waals surface area (Å²) in [6, 6.07) is 87.2. The van der Waals surface area contributed by atoms with E-state index < -0.39 is 0 Å². The van der Waals surface area contributed by atoms with Gasteiger partial charge in [-0.1, -0.05) is 295 Å². The first-order valence-electron chi connectivity index (χ1n) is 50.0. The number of nitrogens with zero attached hydrogens (tertiary/aromatic N) is 3. The molecule has 0 atom stereocenters. The Morgan fingerprint density at radius 1 is 0.211 bits per heavy atom. The van der Waals surface area contributed by atoms with Gasteiger partial charge in [0.05, 0.1) is 16.7 Å². The molecule has 0 bridgehead atoms. The summed E-state index contributed by atoms with van der Waals surface area (Å²) in [6.07, 6.45) is 28.1. The quantitative estimate of drug-likeness (QED) is 0.128. The van der Waals surface area contributed by atoms with E-state index in [1.165, 1.54) is 297 Å². The van der Waals surface area contributed by atoms with Crippen molar-refractivity contribution in [1.29, 1.82) is 0 Å². The first kappa shape index (κ1) is 90.3. The molecular weight excluding hydrogens is 1600 g/mol. The predicted octanol–water partition coefficient (Wildman–Crippen LogP) is 30.8. The minimum absolute atomic E-state index is 0.275. The Morgan fingerprint density at radius 2 is 0.511 bits per heavy atom. The second-order valence-corrected chi connectivity index (χ2v) is 45.5. The van der Waals surface area contributed by atoms with Gasteiger partial charge in [0.15, 0.2) is 18.6 Å². The van der Waals surface area contributed by atoms with Crippen molar-refractivity contribution in [2.24, 2.45) is 42.8 Å². The van der Waals surface area contributed by atoms with Crippen LogP contribution < -0.4 is 13.7 Å². The van der Waals surface area contributed by atoms with E-state index >= 15 is 0 Å². The largest absolute Gasteiger partial charge is 0.213 e. The number of rotatable bonds is 9. The number of fused-ring (bicyclic) bond motifs is 18. The maximum atomic E-state index is 2.49. The zero-order chi connectivity index (χ0) is 93.0. The van der Waals surface area contributed by atoms with Gasteiger partial charge in [-0.2, -0.15) is 0 Å². The van der Waals surface area contributed by atoms with Crippen molar-refractivity contribution < 1.29 is 13.7 Å². The third-order valence-electron chi connectivity index (χ3n) is 29.9. The van der Waals surface area contributed by atoms with E-state index in [0.717, 1.165) is 57.8 Å². The Kier molecular flexibility index (Phi) is 24.3. The number of hydrogen-bond acceptors (Lipinski definition) is 0. The van der Waals surface area contributed by atoms with Crippen LogP contribution in [0.25, 0.3) is 112 Å². The molecule has 0 saturated heterocycles. The van der Waals surface area contributed by atoms with Crippen LogP contribution >= 0.6 is 0 Å². The van der Waals surface area contributed by atoms with Gasteiger partial charge >= 0.3 is 0 Å². The molecule has 3 heterocycles. The van der Waals surface area contributed by atoms with Crippen molar-refractivity contribution in [3.8, 4) is 112 Å². The maximum Gasteiger partial charge on any atom is 0.213 e. The van der Waals surface area contributed by atoms with Crippen LogP contribution in [0.15, 0.2) is 249 Å². The smallest absolute Gasteiger partial charge is 0.201 e. The Balaban J connectivity index is 0.000000107. The number of pyridine rings is 3. The Hall–Kier alpha value is -11.9. The molecule has 0 amide bonds. The molecule has 8 aliphatic carbocycles. The van der Waals surface area contributed by atoms with Gasteiger partial charge in [0.1, 0.15) is 21.1 Å². The monoisotopic (exact) mass is 1740 g/mol. The van der Waals surface area contributed by atoms with Crippen molar-refractivity contribution in [2.45, 2.75) is 240 Å². The maximum absolute atomic E-state index is 2.49. The molecule has 0 unspecified atom stereocenters. The Labute approximate surface area is 796 Å². The average molecular weight is 1740 g/mol. The highest BCUT2D eigenvalue weighted by Gasteiger charge is 2.35. The van der Waals surface area contributed by atoms with Crippen LogP contribution in [-0.2, 0) is 117 Å². The number of aryl methyl sites for hydroxylation is 15. The van der Waals surface area contributed by atoms with E-state index in [2.05, 4.69) is 409 Å². The zero-order valence-corrected chi connectivity index (χ0v) is 83.7. The van der Waals surface area contributed by atoms with Gasteiger partial charge in [-0.25, -0.2) is 13.7 Å². The summed E-state index contributed by atoms with van der Waals surface area (Å²) in [7, 11) is 6.62. The lowest BCUT2D eigenvalue weighted by atomic mass is 9.80. The summed E-state index contributed by atoms with van der Waals surface area (Å²) >= 11 is 0. The lowest BCUT2D eigenvalue weighted by Gasteiger charge is -2.25. The van der Waals surface area contributed by atoms with Crippen molar-refractivity contribution in [3.63, 3.8) is 0 Å². The van der Waals surface area contributed by atoms with Crippen LogP contribution in [0.2, 0.25) is 0 Å². The van der Waals surface area contributed by atoms with Crippen LogP contribution in [0.1, 0.15) is 247 Å². The molecule has 3 nitrogen and oxygen atoms in total. The van der Waals surface area contributed by atoms with Crippen LogP contribution in [0.4, 0.5) is 0 Å². The van der Waals surface area contributed by atoms with Gasteiger partial charge in [0, 0.05) is 34.9 Å². The van der Waals surface area contributed by atoms with E-state index in [0.29, 0.717) is 10.8 Å². The SMILES string of the molecule is CC(C)(C)Cc1ccc(-c2cccc3c2Cc2ccccc2-3)cc1CC(C)(C)C.Cc1cc(C)c(-c2cc3c(c[n+]2C)CCC3)c2c1-c1ccccc1C2.Cc1ccc(-c2ccc(CC(C)(C)C)c(CC(C)(C)C)c2)c2c1-c1ccccc1C2.Cc1ccc2c(c1-c1cc3c(c[n+]1C)CCC3)Cc1ccccc1-2.Cc1cccc2c1-c1ccc(C)c(-c3cc4c(c[n+]3C)CCC4)c1C2. The molecular formula is C130H140N3+3. The third kappa shape index (κ3) is 18.2. The molecule has 3 aromatic heterocycles. The molecule has 0 fully saturated rings. The molecule has 8 aliphatic rings. The fraction of sp³-hybridized carbons (Fsp3) is 0.331. The van der Waals surface area contributed by atoms with Crippen LogP contribution in [-0.4, -0.2) is 0 Å². The van der Waals surface area contributed by atoms with Gasteiger partial charge in [0.25, 0.3) is 0 Å². The van der Waals surface area contributed by atoms with Gasteiger partial charge < -0.3 is 0 Å².